The van der Waals surface area contributed by atoms with Crippen molar-refractivity contribution >= 4 is 11.7 Å². The van der Waals surface area contributed by atoms with Gasteiger partial charge in [0, 0.05) is 5.69 Å². The monoisotopic (exact) mass is 217 g/mol. The Bertz CT molecular complexity index is 393. The number of benzene rings is 1. The number of hydrogen-bond acceptors (Lipinski definition) is 3. The fraction of sp³-hybridized carbons (Fsp3) is 0.222. The van der Waals surface area contributed by atoms with Crippen molar-refractivity contribution in [1.82, 2.24) is 0 Å². The molecule has 3 N–H and O–H groups in total. The zero-order valence-corrected chi connectivity index (χ0v) is 7.83. The Balaban J connectivity index is 3.17. The second kappa shape index (κ2) is 4.12. The highest BCUT2D eigenvalue weighted by molar-refractivity contribution is 5.95. The van der Waals surface area contributed by atoms with E-state index in [0.717, 1.165) is 6.07 Å². The van der Waals surface area contributed by atoms with Gasteiger partial charge in [0.15, 0.2) is 0 Å². The van der Waals surface area contributed by atoms with E-state index < -0.39 is 12.6 Å². The lowest BCUT2D eigenvalue weighted by atomic mass is 10.1. The first kappa shape index (κ1) is 11.2. The van der Waals surface area contributed by atoms with Crippen LogP contribution in [0.5, 0.6) is 5.75 Å². The van der Waals surface area contributed by atoms with Crippen LogP contribution in [-0.4, -0.2) is 17.7 Å². The fourth-order valence-corrected chi connectivity index (χ4v) is 1.11. The van der Waals surface area contributed by atoms with Gasteiger partial charge in [-0.3, -0.25) is 0 Å². The van der Waals surface area contributed by atoms with E-state index in [-0.39, 0.29) is 17.0 Å². The van der Waals surface area contributed by atoms with Crippen molar-refractivity contribution < 1.29 is 23.4 Å². The van der Waals surface area contributed by atoms with Gasteiger partial charge in [-0.25, -0.2) is 4.79 Å². The van der Waals surface area contributed by atoms with Crippen LogP contribution in [0.1, 0.15) is 15.9 Å². The van der Waals surface area contributed by atoms with Gasteiger partial charge >= 0.3 is 12.6 Å². The van der Waals surface area contributed by atoms with Crippen molar-refractivity contribution in [2.24, 2.45) is 0 Å². The first-order valence-electron chi connectivity index (χ1n) is 4.00. The molecule has 0 aliphatic rings. The average molecular weight is 217 g/mol. The zero-order chi connectivity index (χ0) is 11.6. The van der Waals surface area contributed by atoms with E-state index in [1.165, 1.54) is 13.0 Å². The summed E-state index contributed by atoms with van der Waals surface area (Å²) < 4.78 is 27.9. The molecule has 0 spiro atoms. The SMILES string of the molecule is Cc1cc(OC(F)F)cc(C(=O)O)c1N. The number of rotatable bonds is 3. The molecule has 0 amide bonds. The van der Waals surface area contributed by atoms with E-state index in [4.69, 9.17) is 10.8 Å². The molecule has 0 aromatic heterocycles. The smallest absolute Gasteiger partial charge is 0.387 e. The fourth-order valence-electron chi connectivity index (χ4n) is 1.11. The van der Waals surface area contributed by atoms with E-state index >= 15 is 0 Å². The highest BCUT2D eigenvalue weighted by Crippen LogP contribution is 2.25. The molecule has 1 rings (SSSR count). The van der Waals surface area contributed by atoms with Crippen LogP contribution in [0.3, 0.4) is 0 Å². The molecule has 15 heavy (non-hydrogen) atoms. The van der Waals surface area contributed by atoms with Crippen LogP contribution in [-0.2, 0) is 0 Å². The second-order valence-electron chi connectivity index (χ2n) is 2.89. The Morgan fingerprint density at radius 2 is 2.13 bits per heavy atom. The number of aromatic carboxylic acids is 1. The molecule has 82 valence electrons. The lowest BCUT2D eigenvalue weighted by Gasteiger charge is -2.09. The normalized spacial score (nSPS) is 10.4. The zero-order valence-electron chi connectivity index (χ0n) is 7.83. The predicted molar refractivity (Wildman–Crippen MR) is 49.2 cm³/mol. The summed E-state index contributed by atoms with van der Waals surface area (Å²) >= 11 is 0. The van der Waals surface area contributed by atoms with E-state index in [2.05, 4.69) is 4.74 Å². The van der Waals surface area contributed by atoms with Gasteiger partial charge in [0.25, 0.3) is 0 Å². The first-order chi connectivity index (χ1) is 6.91. The molecule has 1 aromatic rings. The van der Waals surface area contributed by atoms with Crippen LogP contribution >= 0.6 is 0 Å². The number of nitrogens with two attached hydrogens (primary N) is 1. The number of carbonyl (C=O) groups is 1. The van der Waals surface area contributed by atoms with Crippen LogP contribution in [0.25, 0.3) is 0 Å². The number of aryl methyl sites for hydroxylation is 1. The molecule has 0 aliphatic heterocycles. The molecule has 4 nitrogen and oxygen atoms in total. The molecule has 6 heteroatoms. The van der Waals surface area contributed by atoms with Crippen LogP contribution < -0.4 is 10.5 Å². The van der Waals surface area contributed by atoms with Gasteiger partial charge in [0.2, 0.25) is 0 Å². The molecule has 0 bridgehead atoms. The maximum atomic E-state index is 11.9. The van der Waals surface area contributed by atoms with Crippen molar-refractivity contribution in [2.45, 2.75) is 13.5 Å². The van der Waals surface area contributed by atoms with E-state index in [0.29, 0.717) is 5.56 Å². The minimum absolute atomic E-state index is 0.0455. The summed E-state index contributed by atoms with van der Waals surface area (Å²) in [5, 5.41) is 8.73. The predicted octanol–water partition coefficient (Wildman–Crippen LogP) is 1.88. The first-order valence-corrected chi connectivity index (χ1v) is 4.00. The van der Waals surface area contributed by atoms with Gasteiger partial charge in [-0.2, -0.15) is 8.78 Å². The molecule has 0 radical (unpaired) electrons. The standard InChI is InChI=1S/C9H9F2NO3/c1-4-2-5(15-9(10)11)3-6(7(4)12)8(13)14/h2-3,9H,12H2,1H3,(H,13,14). The summed E-state index contributed by atoms with van der Waals surface area (Å²) in [6, 6.07) is 2.23. The van der Waals surface area contributed by atoms with E-state index in [1.54, 1.807) is 0 Å². The number of ether oxygens (including phenoxy) is 1. The molecule has 0 aliphatic carbocycles. The minimum Gasteiger partial charge on any atom is -0.478 e. The summed E-state index contributed by atoms with van der Waals surface area (Å²) in [4.78, 5) is 10.7. The highest BCUT2D eigenvalue weighted by atomic mass is 19.3. The highest BCUT2D eigenvalue weighted by Gasteiger charge is 2.14. The van der Waals surface area contributed by atoms with Crippen LogP contribution in [0.2, 0.25) is 0 Å². The number of nitrogen functional groups attached to an aromatic ring is 1. The lowest BCUT2D eigenvalue weighted by Crippen LogP contribution is -2.07. The molecular formula is C9H9F2NO3. The van der Waals surface area contributed by atoms with Gasteiger partial charge < -0.3 is 15.6 Å². The third-order valence-corrected chi connectivity index (χ3v) is 1.82. The van der Waals surface area contributed by atoms with E-state index in [1.807, 2.05) is 0 Å². The lowest BCUT2D eigenvalue weighted by molar-refractivity contribution is -0.0499. The van der Waals surface area contributed by atoms with Gasteiger partial charge in [-0.1, -0.05) is 0 Å². The van der Waals surface area contributed by atoms with E-state index in [9.17, 15) is 13.6 Å². The third kappa shape index (κ3) is 2.55. The quantitative estimate of drug-likeness (QED) is 0.758. The summed E-state index contributed by atoms with van der Waals surface area (Å²) in [5.74, 6) is -1.50. The molecule has 0 fully saturated rings. The molecular weight excluding hydrogens is 208 g/mol. The van der Waals surface area contributed by atoms with Crippen molar-refractivity contribution in [3.8, 4) is 5.75 Å². The number of halogens is 2. The molecule has 0 saturated heterocycles. The van der Waals surface area contributed by atoms with Crippen molar-refractivity contribution in [2.75, 3.05) is 5.73 Å². The van der Waals surface area contributed by atoms with Crippen molar-refractivity contribution in [3.63, 3.8) is 0 Å². The largest absolute Gasteiger partial charge is 0.478 e. The average Bonchev–Trinajstić information content (AvgIpc) is 2.09. The number of carboxylic acid groups (broad SMARTS) is 1. The van der Waals surface area contributed by atoms with Gasteiger partial charge in [-0.15, -0.1) is 0 Å². The number of alkyl halides is 2. The summed E-state index contributed by atoms with van der Waals surface area (Å²) in [6.45, 7) is -1.48. The van der Waals surface area contributed by atoms with Crippen LogP contribution in [0, 0.1) is 6.92 Å². The molecule has 0 atom stereocenters. The number of hydrogen-bond donors (Lipinski definition) is 2. The molecule has 0 unspecified atom stereocenters. The van der Waals surface area contributed by atoms with Gasteiger partial charge in [0.05, 0.1) is 5.56 Å². The second-order valence-corrected chi connectivity index (χ2v) is 2.89. The van der Waals surface area contributed by atoms with Gasteiger partial charge in [0.1, 0.15) is 5.75 Å². The Kier molecular flexibility index (Phi) is 3.08. The molecule has 0 saturated carbocycles. The minimum atomic E-state index is -2.99. The topological polar surface area (TPSA) is 72.5 Å². The summed E-state index contributed by atoms with van der Waals surface area (Å²) in [6.07, 6.45) is 0. The van der Waals surface area contributed by atoms with Crippen LogP contribution in [0.15, 0.2) is 12.1 Å². The number of carboxylic acids is 1. The number of anilines is 1. The third-order valence-electron chi connectivity index (χ3n) is 1.82. The Labute approximate surface area is 84.3 Å². The Morgan fingerprint density at radius 1 is 1.53 bits per heavy atom. The Morgan fingerprint density at radius 3 is 2.60 bits per heavy atom. The molecule has 0 heterocycles. The van der Waals surface area contributed by atoms with Gasteiger partial charge in [-0.05, 0) is 24.6 Å². The summed E-state index contributed by atoms with van der Waals surface area (Å²) in [5.41, 5.74) is 5.64. The maximum Gasteiger partial charge on any atom is 0.387 e. The van der Waals surface area contributed by atoms with Crippen LogP contribution in [0.4, 0.5) is 14.5 Å². The Hall–Kier alpha value is -1.85. The van der Waals surface area contributed by atoms with Crippen molar-refractivity contribution in [3.05, 3.63) is 23.3 Å². The summed E-state index contributed by atoms with van der Waals surface area (Å²) in [7, 11) is 0. The molecule has 1 aromatic carbocycles. The maximum absolute atomic E-state index is 11.9. The van der Waals surface area contributed by atoms with Crippen molar-refractivity contribution in [1.29, 1.82) is 0 Å².